The Labute approximate surface area is 127 Å². The molecule has 0 spiro atoms. The highest BCUT2D eigenvalue weighted by atomic mass is 127. The molecule has 0 atom stereocenters. The third-order valence-corrected chi connectivity index (χ3v) is 3.54. The van der Waals surface area contributed by atoms with Crippen LogP contribution in [0.25, 0.3) is 0 Å². The van der Waals surface area contributed by atoms with Crippen LogP contribution in [0.2, 0.25) is 0 Å². The van der Waals surface area contributed by atoms with Crippen LogP contribution in [0.15, 0.2) is 24.3 Å². The Kier molecular flexibility index (Phi) is 5.25. The quantitative estimate of drug-likeness (QED) is 0.749. The van der Waals surface area contributed by atoms with Crippen molar-refractivity contribution in [3.8, 4) is 0 Å². The summed E-state index contributed by atoms with van der Waals surface area (Å²) in [6, 6.07) is 5.02. The maximum absolute atomic E-state index is 12.6. The first-order valence-electron chi connectivity index (χ1n) is 5.90. The van der Waals surface area contributed by atoms with Crippen LogP contribution in [0.3, 0.4) is 0 Å². The fraction of sp³-hybridized carbons (Fsp3) is 0.538. The average molecular weight is 387 g/mol. The molecule has 1 aliphatic heterocycles. The van der Waals surface area contributed by atoms with Gasteiger partial charge in [0.15, 0.2) is 0 Å². The third kappa shape index (κ3) is 3.82. The number of piperidine rings is 1. The Morgan fingerprint density at radius 2 is 1.79 bits per heavy atom. The Morgan fingerprint density at radius 1 is 1.21 bits per heavy atom. The van der Waals surface area contributed by atoms with Crippen LogP contribution in [0.4, 0.5) is 13.2 Å². The zero-order valence-corrected chi connectivity index (χ0v) is 12.9. The van der Waals surface area contributed by atoms with Gasteiger partial charge in [-0.05, 0) is 37.6 Å². The van der Waals surface area contributed by atoms with Crippen molar-refractivity contribution >= 4 is 24.0 Å². The summed E-state index contributed by atoms with van der Waals surface area (Å²) < 4.78 is 37.9. The van der Waals surface area contributed by atoms with Crippen LogP contribution in [0, 0.1) is 0 Å². The van der Waals surface area contributed by atoms with E-state index in [2.05, 4.69) is 4.90 Å². The van der Waals surface area contributed by atoms with E-state index in [1.165, 1.54) is 6.07 Å². The van der Waals surface area contributed by atoms with Crippen LogP contribution >= 0.6 is 24.0 Å². The summed E-state index contributed by atoms with van der Waals surface area (Å²) in [7, 11) is 1.94. The molecular weight excluding hydrogens is 370 g/mol. The van der Waals surface area contributed by atoms with E-state index in [1.807, 2.05) is 7.05 Å². The van der Waals surface area contributed by atoms with Crippen LogP contribution < -0.4 is 0 Å². The first kappa shape index (κ1) is 16.7. The van der Waals surface area contributed by atoms with Crippen LogP contribution in [-0.4, -0.2) is 30.1 Å². The SMILES string of the molecule is CN1CCC(O)(c2cccc(C(F)(F)F)c2)CC1.I. The lowest BCUT2D eigenvalue weighted by atomic mass is 9.84. The molecule has 1 N–H and O–H groups in total. The summed E-state index contributed by atoms with van der Waals surface area (Å²) >= 11 is 0. The molecule has 0 aromatic heterocycles. The van der Waals surface area contributed by atoms with Crippen LogP contribution in [0.1, 0.15) is 24.0 Å². The second-order valence-corrected chi connectivity index (χ2v) is 4.91. The van der Waals surface area contributed by atoms with E-state index in [1.54, 1.807) is 6.07 Å². The van der Waals surface area contributed by atoms with E-state index in [0.29, 0.717) is 31.5 Å². The Bertz CT molecular complexity index is 428. The van der Waals surface area contributed by atoms with Crippen molar-refractivity contribution in [3.05, 3.63) is 35.4 Å². The minimum atomic E-state index is -4.36. The molecular formula is C13H17F3INO. The number of benzene rings is 1. The van der Waals surface area contributed by atoms with E-state index in [-0.39, 0.29) is 24.0 Å². The molecule has 2 nitrogen and oxygen atoms in total. The van der Waals surface area contributed by atoms with Gasteiger partial charge in [-0.2, -0.15) is 13.2 Å². The largest absolute Gasteiger partial charge is 0.416 e. The molecule has 1 aromatic rings. The highest BCUT2D eigenvalue weighted by Crippen LogP contribution is 2.36. The summed E-state index contributed by atoms with van der Waals surface area (Å²) in [5.74, 6) is 0. The van der Waals surface area contributed by atoms with Gasteiger partial charge in [-0.25, -0.2) is 0 Å². The van der Waals surface area contributed by atoms with E-state index in [0.717, 1.165) is 12.1 Å². The molecule has 1 aliphatic rings. The fourth-order valence-electron chi connectivity index (χ4n) is 2.26. The summed E-state index contributed by atoms with van der Waals surface area (Å²) in [6.07, 6.45) is -3.44. The lowest BCUT2D eigenvalue weighted by Gasteiger charge is -2.37. The molecule has 0 saturated carbocycles. The molecule has 1 aromatic carbocycles. The molecule has 0 aliphatic carbocycles. The van der Waals surface area contributed by atoms with E-state index < -0.39 is 17.3 Å². The lowest BCUT2D eigenvalue weighted by molar-refractivity contribution is -0.137. The van der Waals surface area contributed by atoms with Crippen LogP contribution in [-0.2, 0) is 11.8 Å². The summed E-state index contributed by atoms with van der Waals surface area (Å²) in [4.78, 5) is 2.06. The maximum Gasteiger partial charge on any atom is 0.416 e. The predicted molar refractivity (Wildman–Crippen MR) is 77.5 cm³/mol. The molecule has 1 fully saturated rings. The zero-order valence-electron chi connectivity index (χ0n) is 10.6. The minimum Gasteiger partial charge on any atom is -0.385 e. The van der Waals surface area contributed by atoms with E-state index >= 15 is 0 Å². The van der Waals surface area contributed by atoms with Crippen LogP contribution in [0.5, 0.6) is 0 Å². The van der Waals surface area contributed by atoms with Crippen molar-refractivity contribution in [2.24, 2.45) is 0 Å². The van der Waals surface area contributed by atoms with Gasteiger partial charge < -0.3 is 10.0 Å². The zero-order chi connectivity index (χ0) is 13.4. The molecule has 1 saturated heterocycles. The number of halogens is 4. The van der Waals surface area contributed by atoms with Gasteiger partial charge in [0, 0.05) is 13.1 Å². The summed E-state index contributed by atoms with van der Waals surface area (Å²) in [5, 5.41) is 10.5. The van der Waals surface area contributed by atoms with Crippen molar-refractivity contribution in [1.82, 2.24) is 4.90 Å². The molecule has 0 bridgehead atoms. The van der Waals surface area contributed by atoms with E-state index in [9.17, 15) is 18.3 Å². The molecule has 0 radical (unpaired) electrons. The van der Waals surface area contributed by atoms with Gasteiger partial charge in [-0.3, -0.25) is 0 Å². The van der Waals surface area contributed by atoms with Crippen molar-refractivity contribution < 1.29 is 18.3 Å². The number of rotatable bonds is 1. The molecule has 0 amide bonds. The van der Waals surface area contributed by atoms with Crippen molar-refractivity contribution in [1.29, 1.82) is 0 Å². The lowest BCUT2D eigenvalue weighted by Crippen LogP contribution is -2.40. The fourth-order valence-corrected chi connectivity index (χ4v) is 2.26. The Morgan fingerprint density at radius 3 is 2.32 bits per heavy atom. The highest BCUT2D eigenvalue weighted by molar-refractivity contribution is 14.0. The molecule has 19 heavy (non-hydrogen) atoms. The molecule has 108 valence electrons. The maximum atomic E-state index is 12.6. The highest BCUT2D eigenvalue weighted by Gasteiger charge is 2.36. The molecule has 6 heteroatoms. The number of hydrogen-bond donors (Lipinski definition) is 1. The second kappa shape index (κ2) is 5.97. The van der Waals surface area contributed by atoms with Gasteiger partial charge in [0.25, 0.3) is 0 Å². The molecule has 2 rings (SSSR count). The van der Waals surface area contributed by atoms with Gasteiger partial charge in [-0.1, -0.05) is 12.1 Å². The Balaban J connectivity index is 0.00000180. The standard InChI is InChI=1S/C13H16F3NO.HI/c1-17-7-5-12(18,6-8-17)10-3-2-4-11(9-10)13(14,15)16;/h2-4,9,18H,5-8H2,1H3;1H. The smallest absolute Gasteiger partial charge is 0.385 e. The third-order valence-electron chi connectivity index (χ3n) is 3.54. The monoisotopic (exact) mass is 387 g/mol. The summed E-state index contributed by atoms with van der Waals surface area (Å²) in [6.45, 7) is 1.37. The Hall–Kier alpha value is -0.340. The van der Waals surface area contributed by atoms with Gasteiger partial charge in [0.2, 0.25) is 0 Å². The van der Waals surface area contributed by atoms with Crippen molar-refractivity contribution in [3.63, 3.8) is 0 Å². The number of nitrogens with zero attached hydrogens (tertiary/aromatic N) is 1. The van der Waals surface area contributed by atoms with Gasteiger partial charge in [0.05, 0.1) is 11.2 Å². The molecule has 0 unspecified atom stereocenters. The van der Waals surface area contributed by atoms with Gasteiger partial charge >= 0.3 is 6.18 Å². The number of alkyl halides is 3. The topological polar surface area (TPSA) is 23.5 Å². The van der Waals surface area contributed by atoms with E-state index in [4.69, 9.17) is 0 Å². The first-order valence-corrected chi connectivity index (χ1v) is 5.90. The second-order valence-electron chi connectivity index (χ2n) is 4.91. The number of aliphatic hydroxyl groups is 1. The minimum absolute atomic E-state index is 0. The van der Waals surface area contributed by atoms with Gasteiger partial charge in [0.1, 0.15) is 0 Å². The predicted octanol–water partition coefficient (Wildman–Crippen LogP) is 3.24. The van der Waals surface area contributed by atoms with Gasteiger partial charge in [-0.15, -0.1) is 24.0 Å². The number of likely N-dealkylation sites (tertiary alicyclic amines) is 1. The molecule has 1 heterocycles. The van der Waals surface area contributed by atoms with Crippen molar-refractivity contribution in [2.75, 3.05) is 20.1 Å². The van der Waals surface area contributed by atoms with Crippen molar-refractivity contribution in [2.45, 2.75) is 24.6 Å². The number of hydrogen-bond acceptors (Lipinski definition) is 2. The first-order chi connectivity index (χ1) is 8.31. The average Bonchev–Trinajstić information content (AvgIpc) is 2.32. The summed E-state index contributed by atoms with van der Waals surface area (Å²) in [5.41, 5.74) is -1.47. The normalized spacial score (nSPS) is 19.8.